The third kappa shape index (κ3) is 3.35. The van der Waals surface area contributed by atoms with Gasteiger partial charge in [-0.3, -0.25) is 5.43 Å². The van der Waals surface area contributed by atoms with Crippen LogP contribution >= 0.6 is 0 Å². The second kappa shape index (κ2) is 6.05. The van der Waals surface area contributed by atoms with Crippen molar-refractivity contribution in [3.63, 3.8) is 0 Å². The number of rotatable bonds is 5. The summed E-state index contributed by atoms with van der Waals surface area (Å²) < 4.78 is 13.0. The van der Waals surface area contributed by atoms with Crippen LogP contribution < -0.4 is 16.9 Å². The van der Waals surface area contributed by atoms with Crippen molar-refractivity contribution in [3.05, 3.63) is 30.1 Å². The van der Waals surface area contributed by atoms with E-state index in [4.69, 9.17) is 11.5 Å². The first-order chi connectivity index (χ1) is 9.20. The molecule has 0 aliphatic carbocycles. The van der Waals surface area contributed by atoms with Crippen molar-refractivity contribution in [2.24, 2.45) is 26.8 Å². The number of benzene rings is 1. The number of hydrazone groups is 1. The summed E-state index contributed by atoms with van der Waals surface area (Å²) in [5, 5.41) is 11.8. The van der Waals surface area contributed by atoms with Crippen molar-refractivity contribution in [1.82, 2.24) is 0 Å². The molecule has 0 atom stereocenters. The highest BCUT2D eigenvalue weighted by atomic mass is 19.1. The summed E-state index contributed by atoms with van der Waals surface area (Å²) in [6.45, 7) is 0.559. The first kappa shape index (κ1) is 13.2. The average molecular weight is 262 g/mol. The molecule has 5 N–H and O–H groups in total. The van der Waals surface area contributed by atoms with Gasteiger partial charge in [0.05, 0.1) is 11.4 Å². The lowest BCUT2D eigenvalue weighted by Crippen LogP contribution is -2.28. The fourth-order valence-electron chi connectivity index (χ4n) is 1.59. The number of halogens is 1. The van der Waals surface area contributed by atoms with Gasteiger partial charge in [-0.05, 0) is 37.6 Å². The molecule has 0 saturated carbocycles. The van der Waals surface area contributed by atoms with Crippen LogP contribution in [0.3, 0.4) is 0 Å². The van der Waals surface area contributed by atoms with Gasteiger partial charge < -0.3 is 11.5 Å². The molecule has 0 bridgehead atoms. The number of nitrogens with one attached hydrogen (secondary N) is 1. The Morgan fingerprint density at radius 2 is 2.16 bits per heavy atom. The third-order valence-corrected chi connectivity index (χ3v) is 2.53. The molecule has 19 heavy (non-hydrogen) atoms. The smallest absolute Gasteiger partial charge is 0.175 e. The van der Waals surface area contributed by atoms with Crippen LogP contribution in [0.1, 0.15) is 12.8 Å². The lowest BCUT2D eigenvalue weighted by Gasteiger charge is -2.04. The zero-order valence-corrected chi connectivity index (χ0v) is 10.3. The number of hydrogen-bond acceptors (Lipinski definition) is 6. The Labute approximate surface area is 110 Å². The maximum atomic E-state index is 13.0. The van der Waals surface area contributed by atoms with Gasteiger partial charge >= 0.3 is 0 Å². The second-order valence-corrected chi connectivity index (χ2v) is 4.01. The van der Waals surface area contributed by atoms with Gasteiger partial charge in [-0.1, -0.05) is 6.07 Å². The molecule has 6 nitrogen and oxygen atoms in total. The fraction of sp³-hybridized carbons (Fsp3) is 0.250. The normalized spacial score (nSPS) is 16.4. The Morgan fingerprint density at radius 1 is 1.32 bits per heavy atom. The molecule has 1 aromatic rings. The number of nitrogens with two attached hydrogens (primary N) is 2. The Bertz CT molecular complexity index is 549. The van der Waals surface area contributed by atoms with Crippen LogP contribution in [0.4, 0.5) is 10.1 Å². The summed E-state index contributed by atoms with van der Waals surface area (Å²) in [6.07, 6.45) is 1.44. The van der Waals surface area contributed by atoms with Gasteiger partial charge in [0.25, 0.3) is 0 Å². The van der Waals surface area contributed by atoms with E-state index in [0.29, 0.717) is 30.1 Å². The van der Waals surface area contributed by atoms with E-state index in [-0.39, 0.29) is 11.7 Å². The Kier molecular flexibility index (Phi) is 4.19. The molecule has 7 heteroatoms. The monoisotopic (exact) mass is 262 g/mol. The van der Waals surface area contributed by atoms with Crippen molar-refractivity contribution in [3.8, 4) is 0 Å². The van der Waals surface area contributed by atoms with Crippen LogP contribution in [0.2, 0.25) is 0 Å². The van der Waals surface area contributed by atoms with Gasteiger partial charge in [-0.2, -0.15) is 10.2 Å². The molecule has 1 heterocycles. The molecule has 1 aromatic carbocycles. The Morgan fingerprint density at radius 3 is 2.89 bits per heavy atom. The first-order valence-electron chi connectivity index (χ1n) is 5.91. The SMILES string of the molecule is NCCCC1=NN=C(N)/C1=N/Nc1cccc(F)c1. The van der Waals surface area contributed by atoms with Crippen LogP contribution in [-0.4, -0.2) is 23.8 Å². The molecule has 0 saturated heterocycles. The van der Waals surface area contributed by atoms with Crippen LogP contribution in [0.5, 0.6) is 0 Å². The predicted molar refractivity (Wildman–Crippen MR) is 74.8 cm³/mol. The highest BCUT2D eigenvalue weighted by molar-refractivity contribution is 6.69. The van der Waals surface area contributed by atoms with E-state index in [9.17, 15) is 4.39 Å². The molecule has 100 valence electrons. The molecular formula is C12H15FN6. The van der Waals surface area contributed by atoms with E-state index in [0.717, 1.165) is 6.42 Å². The molecule has 2 rings (SSSR count). The van der Waals surface area contributed by atoms with E-state index >= 15 is 0 Å². The average Bonchev–Trinajstić information content (AvgIpc) is 2.75. The molecule has 0 radical (unpaired) electrons. The van der Waals surface area contributed by atoms with E-state index in [1.165, 1.54) is 12.1 Å². The molecule has 0 fully saturated rings. The van der Waals surface area contributed by atoms with Crippen molar-refractivity contribution >= 4 is 22.9 Å². The number of anilines is 1. The summed E-state index contributed by atoms with van der Waals surface area (Å²) >= 11 is 0. The second-order valence-electron chi connectivity index (χ2n) is 4.01. The number of amidine groups is 1. The zero-order chi connectivity index (χ0) is 13.7. The summed E-state index contributed by atoms with van der Waals surface area (Å²) in [5.41, 5.74) is 15.6. The minimum Gasteiger partial charge on any atom is -0.380 e. The first-order valence-corrected chi connectivity index (χ1v) is 5.91. The van der Waals surface area contributed by atoms with Crippen LogP contribution in [0, 0.1) is 5.82 Å². The van der Waals surface area contributed by atoms with Gasteiger partial charge in [-0.15, -0.1) is 5.10 Å². The van der Waals surface area contributed by atoms with Crippen molar-refractivity contribution in [1.29, 1.82) is 0 Å². The molecule has 0 unspecified atom stereocenters. The quantitative estimate of drug-likeness (QED) is 0.691. The molecule has 1 aliphatic rings. The maximum absolute atomic E-state index is 13.0. The van der Waals surface area contributed by atoms with Gasteiger partial charge in [0, 0.05) is 0 Å². The summed E-state index contributed by atoms with van der Waals surface area (Å²) in [4.78, 5) is 0. The summed E-state index contributed by atoms with van der Waals surface area (Å²) in [7, 11) is 0. The zero-order valence-electron chi connectivity index (χ0n) is 10.3. The number of hydrogen-bond donors (Lipinski definition) is 3. The van der Waals surface area contributed by atoms with Crippen LogP contribution in [0.25, 0.3) is 0 Å². The minimum absolute atomic E-state index is 0.246. The lowest BCUT2D eigenvalue weighted by atomic mass is 10.1. The minimum atomic E-state index is -0.338. The summed E-state index contributed by atoms with van der Waals surface area (Å²) in [6, 6.07) is 5.99. The molecule has 0 spiro atoms. The van der Waals surface area contributed by atoms with Crippen molar-refractivity contribution < 1.29 is 4.39 Å². The van der Waals surface area contributed by atoms with E-state index < -0.39 is 0 Å². The topological polar surface area (TPSA) is 101 Å². The fourth-order valence-corrected chi connectivity index (χ4v) is 1.59. The standard InChI is InChI=1S/C12H15FN6/c13-8-3-1-4-9(7-8)16-18-11-10(5-2-6-14)17-19-12(11)15/h1,3-4,7,16H,2,5-6,14H2,(H2,15,18,19). The van der Waals surface area contributed by atoms with E-state index in [2.05, 4.69) is 20.7 Å². The van der Waals surface area contributed by atoms with Crippen LogP contribution in [0.15, 0.2) is 39.6 Å². The summed E-state index contributed by atoms with van der Waals surface area (Å²) in [5.74, 6) is -0.0915. The lowest BCUT2D eigenvalue weighted by molar-refractivity contribution is 0.628. The van der Waals surface area contributed by atoms with E-state index in [1.54, 1.807) is 12.1 Å². The largest absolute Gasteiger partial charge is 0.380 e. The van der Waals surface area contributed by atoms with Gasteiger partial charge in [0.2, 0.25) is 0 Å². The molecule has 1 aliphatic heterocycles. The van der Waals surface area contributed by atoms with Crippen LogP contribution in [-0.2, 0) is 0 Å². The maximum Gasteiger partial charge on any atom is 0.175 e. The highest BCUT2D eigenvalue weighted by Crippen LogP contribution is 2.10. The van der Waals surface area contributed by atoms with Gasteiger partial charge in [-0.25, -0.2) is 4.39 Å². The Hall–Kier alpha value is -2.28. The third-order valence-electron chi connectivity index (χ3n) is 2.53. The molecule has 0 amide bonds. The molecule has 0 aromatic heterocycles. The van der Waals surface area contributed by atoms with Crippen molar-refractivity contribution in [2.45, 2.75) is 12.8 Å². The van der Waals surface area contributed by atoms with E-state index in [1.807, 2.05) is 0 Å². The Balaban J connectivity index is 2.08. The van der Waals surface area contributed by atoms with Crippen molar-refractivity contribution in [2.75, 3.05) is 12.0 Å². The van der Waals surface area contributed by atoms with Gasteiger partial charge in [0.15, 0.2) is 11.5 Å². The van der Waals surface area contributed by atoms with Gasteiger partial charge in [0.1, 0.15) is 5.82 Å². The predicted octanol–water partition coefficient (Wildman–Crippen LogP) is 1.06. The number of nitrogens with zero attached hydrogens (tertiary/aromatic N) is 3. The highest BCUT2D eigenvalue weighted by Gasteiger charge is 2.19. The molecular weight excluding hydrogens is 247 g/mol.